The zero-order chi connectivity index (χ0) is 9.40. The minimum Gasteiger partial charge on any atom is -0.331 e. The van der Waals surface area contributed by atoms with Crippen LogP contribution in [0.5, 0.6) is 0 Å². The molecule has 0 rings (SSSR count). The molecular weight excluding hydrogens is 162 g/mol. The Bertz CT molecular complexity index is 85.8. The van der Waals surface area contributed by atoms with Crippen molar-refractivity contribution in [2.24, 2.45) is 0 Å². The third-order valence-electron chi connectivity index (χ3n) is 2.51. The largest absolute Gasteiger partial charge is 0.331 e. The van der Waals surface area contributed by atoms with E-state index in [-0.39, 0.29) is 0 Å². The minimum absolute atomic E-state index is 0.509. The van der Waals surface area contributed by atoms with Gasteiger partial charge < -0.3 is 4.57 Å². The van der Waals surface area contributed by atoms with Crippen LogP contribution in [-0.4, -0.2) is 27.6 Å². The summed E-state index contributed by atoms with van der Waals surface area (Å²) in [6.45, 7) is 4.59. The molecule has 0 aromatic rings. The minimum atomic E-state index is -0.509. The number of hydrogen-bond donors (Lipinski definition) is 0. The SMILES string of the molecule is CCCC[SiH](CCCC)N(C)C. The maximum absolute atomic E-state index is 2.52. The van der Waals surface area contributed by atoms with Crippen molar-refractivity contribution in [3.05, 3.63) is 0 Å². The molecule has 0 heterocycles. The van der Waals surface area contributed by atoms with Gasteiger partial charge in [0.25, 0.3) is 0 Å². The van der Waals surface area contributed by atoms with Crippen LogP contribution in [0.15, 0.2) is 0 Å². The van der Waals surface area contributed by atoms with E-state index in [1.54, 1.807) is 0 Å². The van der Waals surface area contributed by atoms with Gasteiger partial charge in [-0.1, -0.05) is 39.5 Å². The van der Waals surface area contributed by atoms with Gasteiger partial charge in [0.2, 0.25) is 0 Å². The molecule has 0 amide bonds. The molecule has 1 nitrogen and oxygen atoms in total. The van der Waals surface area contributed by atoms with Gasteiger partial charge in [-0.05, 0) is 26.2 Å². The van der Waals surface area contributed by atoms with Gasteiger partial charge in [-0.15, -0.1) is 0 Å². The number of nitrogens with zero attached hydrogens (tertiary/aromatic N) is 1. The summed E-state index contributed by atoms with van der Waals surface area (Å²) >= 11 is 0. The second-order valence-corrected chi connectivity index (χ2v) is 7.40. The molecule has 0 fully saturated rings. The summed E-state index contributed by atoms with van der Waals surface area (Å²) in [5, 5.41) is 0. The lowest BCUT2D eigenvalue weighted by Gasteiger charge is -2.22. The summed E-state index contributed by atoms with van der Waals surface area (Å²) in [5.74, 6) is 0. The summed E-state index contributed by atoms with van der Waals surface area (Å²) in [6, 6.07) is 3.03. The Morgan fingerprint density at radius 1 is 0.917 bits per heavy atom. The lowest BCUT2D eigenvalue weighted by molar-refractivity contribution is 0.617. The zero-order valence-corrected chi connectivity index (χ0v) is 10.4. The quantitative estimate of drug-likeness (QED) is 0.554. The molecule has 0 bridgehead atoms. The maximum atomic E-state index is 2.52. The van der Waals surface area contributed by atoms with Gasteiger partial charge in [0.15, 0.2) is 0 Å². The second kappa shape index (κ2) is 7.81. The van der Waals surface area contributed by atoms with Crippen molar-refractivity contribution in [3.8, 4) is 0 Å². The van der Waals surface area contributed by atoms with Crippen LogP contribution in [0.25, 0.3) is 0 Å². The smallest absolute Gasteiger partial charge is 0.111 e. The van der Waals surface area contributed by atoms with E-state index in [0.29, 0.717) is 0 Å². The van der Waals surface area contributed by atoms with Crippen LogP contribution < -0.4 is 0 Å². The molecular formula is C10H25NSi. The highest BCUT2D eigenvalue weighted by Gasteiger charge is 2.11. The van der Waals surface area contributed by atoms with E-state index in [9.17, 15) is 0 Å². The molecule has 0 spiro atoms. The van der Waals surface area contributed by atoms with Gasteiger partial charge in [-0.25, -0.2) is 0 Å². The van der Waals surface area contributed by atoms with Gasteiger partial charge in [-0.2, -0.15) is 0 Å². The van der Waals surface area contributed by atoms with Gasteiger partial charge in [0.05, 0.1) is 0 Å². The van der Waals surface area contributed by atoms with E-state index in [1.807, 2.05) is 0 Å². The molecule has 2 heteroatoms. The van der Waals surface area contributed by atoms with Crippen molar-refractivity contribution in [2.75, 3.05) is 14.1 Å². The summed E-state index contributed by atoms with van der Waals surface area (Å²) in [7, 11) is 4.02. The second-order valence-electron chi connectivity index (χ2n) is 3.90. The zero-order valence-electron chi connectivity index (χ0n) is 9.27. The van der Waals surface area contributed by atoms with E-state index in [2.05, 4.69) is 32.5 Å². The van der Waals surface area contributed by atoms with E-state index in [4.69, 9.17) is 0 Å². The Morgan fingerprint density at radius 2 is 1.33 bits per heavy atom. The highest BCUT2D eigenvalue weighted by atomic mass is 28.3. The summed E-state index contributed by atoms with van der Waals surface area (Å²) in [4.78, 5) is 0. The number of unbranched alkanes of at least 4 members (excludes halogenated alkanes) is 2. The van der Waals surface area contributed by atoms with Crippen molar-refractivity contribution in [1.82, 2.24) is 4.57 Å². The van der Waals surface area contributed by atoms with Crippen LogP contribution in [0, 0.1) is 0 Å². The Kier molecular flexibility index (Phi) is 7.92. The molecule has 0 unspecified atom stereocenters. The molecule has 12 heavy (non-hydrogen) atoms. The van der Waals surface area contributed by atoms with Crippen LogP contribution in [0.3, 0.4) is 0 Å². The van der Waals surface area contributed by atoms with Crippen LogP contribution >= 0.6 is 0 Å². The summed E-state index contributed by atoms with van der Waals surface area (Å²) < 4.78 is 2.52. The Labute approximate surface area is 79.8 Å². The molecule has 0 atom stereocenters. The van der Waals surface area contributed by atoms with E-state index in [1.165, 1.54) is 37.8 Å². The van der Waals surface area contributed by atoms with Gasteiger partial charge in [0, 0.05) is 0 Å². The Balaban J connectivity index is 3.55. The van der Waals surface area contributed by atoms with Crippen LogP contribution in [0.1, 0.15) is 39.5 Å². The average molecular weight is 187 g/mol. The Hall–Kier alpha value is 0.177. The topological polar surface area (TPSA) is 3.24 Å². The van der Waals surface area contributed by atoms with Crippen LogP contribution in [0.4, 0.5) is 0 Å². The van der Waals surface area contributed by atoms with Crippen LogP contribution in [-0.2, 0) is 0 Å². The van der Waals surface area contributed by atoms with Crippen molar-refractivity contribution in [1.29, 1.82) is 0 Å². The molecule has 0 aliphatic rings. The molecule has 0 saturated heterocycles. The lowest BCUT2D eigenvalue weighted by Crippen LogP contribution is -2.32. The summed E-state index contributed by atoms with van der Waals surface area (Å²) in [6.07, 6.45) is 5.62. The fraction of sp³-hybridized carbons (Fsp3) is 1.00. The predicted octanol–water partition coefficient (Wildman–Crippen LogP) is 2.87. The standard InChI is InChI=1S/C10H25NSi/c1-5-7-9-12(11(3)4)10-8-6-2/h12H,5-10H2,1-4H3. The molecule has 74 valence electrons. The molecule has 0 aliphatic carbocycles. The summed E-state index contributed by atoms with van der Waals surface area (Å²) in [5.41, 5.74) is 0. The fourth-order valence-electron chi connectivity index (χ4n) is 1.54. The molecule has 0 aromatic carbocycles. The molecule has 0 radical (unpaired) electrons. The maximum Gasteiger partial charge on any atom is 0.111 e. The normalized spacial score (nSPS) is 11.5. The van der Waals surface area contributed by atoms with Crippen molar-refractivity contribution >= 4 is 8.96 Å². The average Bonchev–Trinajstić information content (AvgIpc) is 2.04. The monoisotopic (exact) mass is 187 g/mol. The number of hydrogen-bond acceptors (Lipinski definition) is 1. The van der Waals surface area contributed by atoms with Crippen LogP contribution in [0.2, 0.25) is 12.1 Å². The molecule has 0 aliphatic heterocycles. The lowest BCUT2D eigenvalue weighted by atomic mass is 10.4. The Morgan fingerprint density at radius 3 is 1.58 bits per heavy atom. The van der Waals surface area contributed by atoms with Gasteiger partial charge in [-0.3, -0.25) is 0 Å². The van der Waals surface area contributed by atoms with Gasteiger partial charge in [0.1, 0.15) is 8.96 Å². The van der Waals surface area contributed by atoms with Gasteiger partial charge >= 0.3 is 0 Å². The molecule has 0 aromatic heterocycles. The first-order chi connectivity index (χ1) is 5.72. The highest BCUT2D eigenvalue weighted by molar-refractivity contribution is 6.55. The van der Waals surface area contributed by atoms with E-state index < -0.39 is 8.96 Å². The third kappa shape index (κ3) is 5.78. The third-order valence-corrected chi connectivity index (χ3v) is 6.12. The predicted molar refractivity (Wildman–Crippen MR) is 60.3 cm³/mol. The first kappa shape index (κ1) is 12.2. The van der Waals surface area contributed by atoms with Crippen molar-refractivity contribution < 1.29 is 0 Å². The molecule has 0 saturated carbocycles. The number of rotatable bonds is 7. The fourth-order valence-corrected chi connectivity index (χ4v) is 4.62. The molecule has 0 N–H and O–H groups in total. The van der Waals surface area contributed by atoms with E-state index >= 15 is 0 Å². The van der Waals surface area contributed by atoms with E-state index in [0.717, 1.165) is 0 Å². The van der Waals surface area contributed by atoms with Crippen molar-refractivity contribution in [2.45, 2.75) is 51.6 Å². The first-order valence-corrected chi connectivity index (χ1v) is 7.53. The first-order valence-electron chi connectivity index (χ1n) is 5.38. The van der Waals surface area contributed by atoms with Crippen molar-refractivity contribution in [3.63, 3.8) is 0 Å². The highest BCUT2D eigenvalue weighted by Crippen LogP contribution is 2.11.